The maximum absolute atomic E-state index is 13.0. The second-order valence-electron chi connectivity index (χ2n) is 6.72. The van der Waals surface area contributed by atoms with Crippen LogP contribution in [0, 0.1) is 11.8 Å². The van der Waals surface area contributed by atoms with Crippen LogP contribution in [0.25, 0.3) is 10.8 Å². The Labute approximate surface area is 145 Å². The van der Waals surface area contributed by atoms with Gasteiger partial charge in [-0.2, -0.15) is 13.2 Å². The summed E-state index contributed by atoms with van der Waals surface area (Å²) in [4.78, 5) is 14.5. The van der Waals surface area contributed by atoms with Gasteiger partial charge in [0.15, 0.2) is 0 Å². The first-order valence-corrected chi connectivity index (χ1v) is 8.77. The number of alkyl halides is 3. The Bertz CT molecular complexity index is 756. The second-order valence-corrected chi connectivity index (χ2v) is 6.72. The van der Waals surface area contributed by atoms with Gasteiger partial charge in [-0.15, -0.1) is 0 Å². The van der Waals surface area contributed by atoms with Crippen molar-refractivity contribution in [3.63, 3.8) is 0 Å². The van der Waals surface area contributed by atoms with Gasteiger partial charge in [-0.05, 0) is 49.1 Å². The van der Waals surface area contributed by atoms with Crippen LogP contribution in [-0.4, -0.2) is 18.6 Å². The Morgan fingerprint density at radius 1 is 1.12 bits per heavy atom. The Morgan fingerprint density at radius 3 is 2.52 bits per heavy atom. The average Bonchev–Trinajstić information content (AvgIpc) is 2.61. The molecule has 1 amide bonds. The zero-order chi connectivity index (χ0) is 18.0. The topological polar surface area (TPSA) is 20.3 Å². The van der Waals surface area contributed by atoms with Crippen LogP contribution in [0.15, 0.2) is 42.5 Å². The number of nitrogens with zero attached hydrogens (tertiary/aromatic N) is 1. The van der Waals surface area contributed by atoms with Gasteiger partial charge < -0.3 is 4.90 Å². The zero-order valence-electron chi connectivity index (χ0n) is 14.2. The molecule has 0 aromatic heterocycles. The highest BCUT2D eigenvalue weighted by molar-refractivity contribution is 5.97. The van der Waals surface area contributed by atoms with Crippen molar-refractivity contribution in [3.05, 3.63) is 42.5 Å². The molecule has 3 rings (SSSR count). The number of benzene rings is 2. The van der Waals surface area contributed by atoms with E-state index in [0.717, 1.165) is 16.5 Å². The van der Waals surface area contributed by atoms with Crippen molar-refractivity contribution >= 4 is 22.4 Å². The van der Waals surface area contributed by atoms with E-state index in [2.05, 4.69) is 0 Å². The van der Waals surface area contributed by atoms with E-state index in [4.69, 9.17) is 0 Å². The molecule has 2 nitrogen and oxygen atoms in total. The first kappa shape index (κ1) is 17.8. The lowest BCUT2D eigenvalue weighted by molar-refractivity contribution is -0.186. The molecule has 0 bridgehead atoms. The molecule has 2 unspecified atom stereocenters. The summed E-state index contributed by atoms with van der Waals surface area (Å²) in [5.41, 5.74) is 0.750. The highest BCUT2D eigenvalue weighted by Gasteiger charge is 2.44. The smallest absolute Gasteiger partial charge is 0.312 e. The number of carbonyl (C=O) groups is 1. The molecule has 25 heavy (non-hydrogen) atoms. The van der Waals surface area contributed by atoms with E-state index in [1.165, 1.54) is 0 Å². The number of halogens is 3. The van der Waals surface area contributed by atoms with Gasteiger partial charge in [-0.3, -0.25) is 4.79 Å². The molecule has 0 N–H and O–H groups in total. The van der Waals surface area contributed by atoms with Gasteiger partial charge in [-0.1, -0.05) is 36.8 Å². The Hall–Kier alpha value is -2.04. The molecule has 2 aromatic carbocycles. The van der Waals surface area contributed by atoms with Gasteiger partial charge in [0, 0.05) is 18.2 Å². The maximum Gasteiger partial charge on any atom is 0.391 e. The molecule has 2 aromatic rings. The van der Waals surface area contributed by atoms with Gasteiger partial charge in [0.1, 0.15) is 0 Å². The highest BCUT2D eigenvalue weighted by atomic mass is 19.4. The van der Waals surface area contributed by atoms with E-state index in [0.29, 0.717) is 19.4 Å². The number of fused-ring (bicyclic) bond motifs is 1. The normalized spacial score (nSPS) is 21.3. The molecule has 0 heterocycles. The molecule has 1 saturated carbocycles. The zero-order valence-corrected chi connectivity index (χ0v) is 14.2. The number of anilines is 1. The predicted molar refractivity (Wildman–Crippen MR) is 93.5 cm³/mol. The van der Waals surface area contributed by atoms with Crippen molar-refractivity contribution < 1.29 is 18.0 Å². The first-order valence-electron chi connectivity index (χ1n) is 8.77. The van der Waals surface area contributed by atoms with Crippen molar-refractivity contribution in [3.8, 4) is 0 Å². The standard InChI is InChI=1S/C20H22F3NO/c1-2-24(18-11-10-14-6-3-4-7-15(14)13-18)19(25)16-8-5-9-17(12-16)20(21,22)23/h3-4,6-7,10-11,13,16-17H,2,5,8-9,12H2,1H3. The van der Waals surface area contributed by atoms with Gasteiger partial charge in [0.05, 0.1) is 5.92 Å². The van der Waals surface area contributed by atoms with Gasteiger partial charge in [0.2, 0.25) is 5.91 Å². The third kappa shape index (κ3) is 3.80. The lowest BCUT2D eigenvalue weighted by Gasteiger charge is -2.33. The lowest BCUT2D eigenvalue weighted by Crippen LogP contribution is -2.40. The summed E-state index contributed by atoms with van der Waals surface area (Å²) in [5, 5.41) is 2.09. The SMILES string of the molecule is CCN(C(=O)C1CCCC(C(F)(F)F)C1)c1ccc2ccccc2c1. The molecule has 1 aliphatic rings. The first-order chi connectivity index (χ1) is 11.9. The van der Waals surface area contributed by atoms with E-state index < -0.39 is 18.0 Å². The third-order valence-corrected chi connectivity index (χ3v) is 5.11. The number of hydrogen-bond donors (Lipinski definition) is 0. The molecule has 0 aliphatic heterocycles. The molecule has 0 saturated heterocycles. The van der Waals surface area contributed by atoms with E-state index in [9.17, 15) is 18.0 Å². The molecule has 1 aliphatic carbocycles. The second kappa shape index (κ2) is 7.06. The summed E-state index contributed by atoms with van der Waals surface area (Å²) in [6.45, 7) is 2.31. The van der Waals surface area contributed by atoms with Crippen molar-refractivity contribution in [1.82, 2.24) is 0 Å². The fraction of sp³-hybridized carbons (Fsp3) is 0.450. The van der Waals surface area contributed by atoms with E-state index in [1.807, 2.05) is 49.4 Å². The third-order valence-electron chi connectivity index (χ3n) is 5.11. The van der Waals surface area contributed by atoms with Crippen LogP contribution in [0.5, 0.6) is 0 Å². The van der Waals surface area contributed by atoms with Crippen molar-refractivity contribution in [2.45, 2.75) is 38.8 Å². The van der Waals surface area contributed by atoms with Crippen molar-refractivity contribution in [1.29, 1.82) is 0 Å². The van der Waals surface area contributed by atoms with Crippen LogP contribution < -0.4 is 4.90 Å². The van der Waals surface area contributed by atoms with Crippen LogP contribution in [0.3, 0.4) is 0 Å². The number of carbonyl (C=O) groups excluding carboxylic acids is 1. The van der Waals surface area contributed by atoms with Gasteiger partial charge in [-0.25, -0.2) is 0 Å². The van der Waals surface area contributed by atoms with Crippen LogP contribution in [-0.2, 0) is 4.79 Å². The van der Waals surface area contributed by atoms with Crippen LogP contribution in [0.4, 0.5) is 18.9 Å². The van der Waals surface area contributed by atoms with E-state index in [-0.39, 0.29) is 18.7 Å². The molecule has 134 valence electrons. The molecule has 2 atom stereocenters. The summed E-state index contributed by atoms with van der Waals surface area (Å²) in [7, 11) is 0. The van der Waals surface area contributed by atoms with Crippen molar-refractivity contribution in [2.24, 2.45) is 11.8 Å². The summed E-state index contributed by atoms with van der Waals surface area (Å²) in [6.07, 6.45) is -3.17. The molecular formula is C20H22F3NO. The Kier molecular flexibility index (Phi) is 5.02. The summed E-state index contributed by atoms with van der Waals surface area (Å²) in [6, 6.07) is 13.6. The van der Waals surface area contributed by atoms with E-state index >= 15 is 0 Å². The monoisotopic (exact) mass is 349 g/mol. The lowest BCUT2D eigenvalue weighted by atomic mass is 9.80. The molecular weight excluding hydrogens is 327 g/mol. The van der Waals surface area contributed by atoms with Crippen LogP contribution >= 0.6 is 0 Å². The van der Waals surface area contributed by atoms with Crippen LogP contribution in [0.2, 0.25) is 0 Å². The van der Waals surface area contributed by atoms with Crippen LogP contribution in [0.1, 0.15) is 32.6 Å². The molecule has 0 radical (unpaired) electrons. The molecule has 0 spiro atoms. The molecule has 5 heteroatoms. The minimum atomic E-state index is -4.21. The summed E-state index contributed by atoms with van der Waals surface area (Å²) < 4.78 is 39.1. The summed E-state index contributed by atoms with van der Waals surface area (Å²) >= 11 is 0. The maximum atomic E-state index is 13.0. The number of hydrogen-bond acceptors (Lipinski definition) is 1. The van der Waals surface area contributed by atoms with E-state index in [1.54, 1.807) is 4.90 Å². The highest BCUT2D eigenvalue weighted by Crippen LogP contribution is 2.40. The van der Waals surface area contributed by atoms with Crippen molar-refractivity contribution in [2.75, 3.05) is 11.4 Å². The predicted octanol–water partition coefficient (Wildman–Crippen LogP) is 5.56. The minimum Gasteiger partial charge on any atom is -0.312 e. The fourth-order valence-electron chi connectivity index (χ4n) is 3.74. The quantitative estimate of drug-likeness (QED) is 0.710. The fourth-order valence-corrected chi connectivity index (χ4v) is 3.74. The number of rotatable bonds is 3. The summed E-state index contributed by atoms with van der Waals surface area (Å²) in [5.74, 6) is -2.09. The molecule has 1 fully saturated rings. The van der Waals surface area contributed by atoms with Gasteiger partial charge in [0.25, 0.3) is 0 Å². The average molecular weight is 349 g/mol. The Morgan fingerprint density at radius 2 is 1.84 bits per heavy atom. The number of amides is 1. The largest absolute Gasteiger partial charge is 0.391 e. The van der Waals surface area contributed by atoms with Gasteiger partial charge >= 0.3 is 6.18 Å². The Balaban J connectivity index is 1.82. The minimum absolute atomic E-state index is 0.0909.